The standard InChI is InChI=1S/C13H22N2O3/c1-9(7-10-3-4-10)14-12(18)15-6-5-13(2,8-15)11(16)17/h9-10H,3-8H2,1-2H3,(H,14,18)(H,16,17). The van der Waals surface area contributed by atoms with E-state index in [1.54, 1.807) is 11.8 Å². The van der Waals surface area contributed by atoms with Crippen LogP contribution in [0.3, 0.4) is 0 Å². The molecule has 0 spiro atoms. The fourth-order valence-corrected chi connectivity index (χ4v) is 2.52. The largest absolute Gasteiger partial charge is 0.481 e. The van der Waals surface area contributed by atoms with E-state index in [1.807, 2.05) is 6.92 Å². The zero-order chi connectivity index (χ0) is 13.3. The number of carbonyl (C=O) groups excluding carboxylic acids is 1. The monoisotopic (exact) mass is 254 g/mol. The van der Waals surface area contributed by atoms with Crippen LogP contribution in [-0.4, -0.2) is 41.1 Å². The third kappa shape index (κ3) is 2.94. The van der Waals surface area contributed by atoms with Gasteiger partial charge in [0.05, 0.1) is 5.41 Å². The van der Waals surface area contributed by atoms with E-state index in [4.69, 9.17) is 5.11 Å². The van der Waals surface area contributed by atoms with Gasteiger partial charge in [0.15, 0.2) is 0 Å². The molecule has 0 radical (unpaired) electrons. The second kappa shape index (κ2) is 4.78. The molecule has 18 heavy (non-hydrogen) atoms. The molecule has 2 unspecified atom stereocenters. The quantitative estimate of drug-likeness (QED) is 0.802. The van der Waals surface area contributed by atoms with Gasteiger partial charge in [0.2, 0.25) is 0 Å². The van der Waals surface area contributed by atoms with Crippen molar-refractivity contribution in [3.8, 4) is 0 Å². The van der Waals surface area contributed by atoms with E-state index in [1.165, 1.54) is 12.8 Å². The maximum atomic E-state index is 12.0. The maximum Gasteiger partial charge on any atom is 0.317 e. The molecule has 0 bridgehead atoms. The van der Waals surface area contributed by atoms with Gasteiger partial charge >= 0.3 is 12.0 Å². The number of hydrogen-bond donors (Lipinski definition) is 2. The predicted molar refractivity (Wildman–Crippen MR) is 67.3 cm³/mol. The lowest BCUT2D eigenvalue weighted by Crippen LogP contribution is -2.44. The van der Waals surface area contributed by atoms with E-state index in [0.717, 1.165) is 12.3 Å². The molecular formula is C13H22N2O3. The van der Waals surface area contributed by atoms with Crippen LogP contribution in [0.15, 0.2) is 0 Å². The van der Waals surface area contributed by atoms with Crippen molar-refractivity contribution in [3.63, 3.8) is 0 Å². The summed E-state index contributed by atoms with van der Waals surface area (Å²) in [6, 6.07) is 0.0646. The second-order valence-electron chi connectivity index (χ2n) is 6.07. The minimum absolute atomic E-state index is 0.117. The second-order valence-corrected chi connectivity index (χ2v) is 6.07. The molecule has 0 aromatic carbocycles. The van der Waals surface area contributed by atoms with Crippen molar-refractivity contribution in [2.24, 2.45) is 11.3 Å². The molecule has 1 aliphatic heterocycles. The van der Waals surface area contributed by atoms with Gasteiger partial charge in [-0.3, -0.25) is 4.79 Å². The van der Waals surface area contributed by atoms with Crippen molar-refractivity contribution in [1.29, 1.82) is 0 Å². The van der Waals surface area contributed by atoms with E-state index in [2.05, 4.69) is 5.32 Å². The third-order valence-corrected chi connectivity index (χ3v) is 4.03. The van der Waals surface area contributed by atoms with Crippen molar-refractivity contribution in [2.45, 2.75) is 45.6 Å². The lowest BCUT2D eigenvalue weighted by atomic mass is 9.90. The maximum absolute atomic E-state index is 12.0. The van der Waals surface area contributed by atoms with Crippen LogP contribution in [0.5, 0.6) is 0 Å². The van der Waals surface area contributed by atoms with Crippen LogP contribution in [0.4, 0.5) is 4.79 Å². The summed E-state index contributed by atoms with van der Waals surface area (Å²) >= 11 is 0. The number of likely N-dealkylation sites (tertiary alicyclic amines) is 1. The lowest BCUT2D eigenvalue weighted by Gasteiger charge is -2.22. The Hall–Kier alpha value is -1.26. The first-order valence-electron chi connectivity index (χ1n) is 6.69. The molecule has 5 heteroatoms. The Morgan fingerprint density at radius 2 is 2.17 bits per heavy atom. The topological polar surface area (TPSA) is 69.6 Å². The molecule has 2 amide bonds. The predicted octanol–water partition coefficient (Wildman–Crippen LogP) is 1.68. The summed E-state index contributed by atoms with van der Waals surface area (Å²) in [7, 11) is 0. The first-order valence-corrected chi connectivity index (χ1v) is 6.69. The summed E-state index contributed by atoms with van der Waals surface area (Å²) in [5.74, 6) is -0.0352. The van der Waals surface area contributed by atoms with E-state index in [9.17, 15) is 9.59 Å². The number of amides is 2. The molecule has 0 aromatic rings. The van der Waals surface area contributed by atoms with Crippen molar-refractivity contribution in [1.82, 2.24) is 10.2 Å². The van der Waals surface area contributed by atoms with Crippen LogP contribution in [-0.2, 0) is 4.79 Å². The number of aliphatic carboxylic acids is 1. The Balaban J connectivity index is 1.81. The molecule has 1 saturated carbocycles. The first kappa shape index (κ1) is 13.2. The molecule has 5 nitrogen and oxygen atoms in total. The summed E-state index contributed by atoms with van der Waals surface area (Å²) in [6.45, 7) is 4.56. The normalized spacial score (nSPS) is 29.1. The number of urea groups is 1. The van der Waals surface area contributed by atoms with Gasteiger partial charge in [-0.2, -0.15) is 0 Å². The number of nitrogens with zero attached hydrogens (tertiary/aromatic N) is 1. The SMILES string of the molecule is CC(CC1CC1)NC(=O)N1CCC(C)(C(=O)O)C1. The minimum Gasteiger partial charge on any atom is -0.481 e. The molecule has 2 rings (SSSR count). The van der Waals surface area contributed by atoms with Gasteiger partial charge in [-0.15, -0.1) is 0 Å². The van der Waals surface area contributed by atoms with Crippen LogP contribution in [0, 0.1) is 11.3 Å². The van der Waals surface area contributed by atoms with Crippen LogP contribution in [0.25, 0.3) is 0 Å². The molecule has 2 N–H and O–H groups in total. The average Bonchev–Trinajstić information content (AvgIpc) is 2.98. The van der Waals surface area contributed by atoms with Gasteiger partial charge < -0.3 is 15.3 Å². The number of rotatable bonds is 4. The Kier molecular flexibility index (Phi) is 3.50. The molecule has 1 saturated heterocycles. The highest BCUT2D eigenvalue weighted by Crippen LogP contribution is 2.33. The molecule has 2 aliphatic rings. The van der Waals surface area contributed by atoms with Crippen LogP contribution in [0.1, 0.15) is 39.5 Å². The van der Waals surface area contributed by atoms with E-state index < -0.39 is 11.4 Å². The molecule has 1 heterocycles. The minimum atomic E-state index is -0.816. The highest BCUT2D eigenvalue weighted by Gasteiger charge is 2.42. The Morgan fingerprint density at radius 1 is 1.50 bits per heavy atom. The fourth-order valence-electron chi connectivity index (χ4n) is 2.52. The zero-order valence-electron chi connectivity index (χ0n) is 11.1. The van der Waals surface area contributed by atoms with E-state index in [-0.39, 0.29) is 12.1 Å². The summed E-state index contributed by atoms with van der Waals surface area (Å²) < 4.78 is 0. The number of carbonyl (C=O) groups is 2. The summed E-state index contributed by atoms with van der Waals surface area (Å²) in [5.41, 5.74) is -0.781. The summed E-state index contributed by atoms with van der Waals surface area (Å²) in [6.07, 6.45) is 4.13. The molecule has 2 atom stereocenters. The summed E-state index contributed by atoms with van der Waals surface area (Å²) in [4.78, 5) is 24.7. The van der Waals surface area contributed by atoms with Crippen LogP contribution >= 0.6 is 0 Å². The molecule has 1 aliphatic carbocycles. The van der Waals surface area contributed by atoms with Crippen LogP contribution in [0.2, 0.25) is 0 Å². The Morgan fingerprint density at radius 3 is 2.67 bits per heavy atom. The average molecular weight is 254 g/mol. The van der Waals surface area contributed by atoms with Gasteiger partial charge in [-0.25, -0.2) is 4.79 Å². The third-order valence-electron chi connectivity index (χ3n) is 4.03. The number of hydrogen-bond acceptors (Lipinski definition) is 2. The van der Waals surface area contributed by atoms with Gasteiger partial charge in [0, 0.05) is 19.1 Å². The first-order chi connectivity index (χ1) is 8.40. The molecule has 0 aromatic heterocycles. The summed E-state index contributed by atoms with van der Waals surface area (Å²) in [5, 5.41) is 12.1. The van der Waals surface area contributed by atoms with Crippen molar-refractivity contribution >= 4 is 12.0 Å². The van der Waals surface area contributed by atoms with Crippen molar-refractivity contribution < 1.29 is 14.7 Å². The fraction of sp³-hybridized carbons (Fsp3) is 0.846. The van der Waals surface area contributed by atoms with E-state index in [0.29, 0.717) is 19.5 Å². The molecule has 2 fully saturated rings. The Labute approximate surface area is 108 Å². The van der Waals surface area contributed by atoms with Gasteiger partial charge in [-0.05, 0) is 32.6 Å². The number of carboxylic acids is 1. The molecule has 102 valence electrons. The number of nitrogens with one attached hydrogen (secondary N) is 1. The highest BCUT2D eigenvalue weighted by atomic mass is 16.4. The van der Waals surface area contributed by atoms with E-state index >= 15 is 0 Å². The van der Waals surface area contributed by atoms with Crippen molar-refractivity contribution in [3.05, 3.63) is 0 Å². The van der Waals surface area contributed by atoms with Gasteiger partial charge in [0.1, 0.15) is 0 Å². The smallest absolute Gasteiger partial charge is 0.317 e. The van der Waals surface area contributed by atoms with Gasteiger partial charge in [0.25, 0.3) is 0 Å². The highest BCUT2D eigenvalue weighted by molar-refractivity contribution is 5.79. The Bertz CT molecular complexity index is 354. The molecular weight excluding hydrogens is 232 g/mol. The van der Waals surface area contributed by atoms with Crippen molar-refractivity contribution in [2.75, 3.05) is 13.1 Å². The van der Waals surface area contributed by atoms with Crippen LogP contribution < -0.4 is 5.32 Å². The lowest BCUT2D eigenvalue weighted by molar-refractivity contribution is -0.146. The number of carboxylic acid groups (broad SMARTS) is 1. The van der Waals surface area contributed by atoms with Gasteiger partial charge in [-0.1, -0.05) is 12.8 Å². The zero-order valence-corrected chi connectivity index (χ0v) is 11.1.